The van der Waals surface area contributed by atoms with Crippen LogP contribution in [0.3, 0.4) is 0 Å². The lowest BCUT2D eigenvalue weighted by Gasteiger charge is -2.74. The van der Waals surface area contributed by atoms with Gasteiger partial charge in [0, 0.05) is 17.3 Å². The van der Waals surface area contributed by atoms with Crippen LogP contribution in [0.2, 0.25) is 0 Å². The zero-order chi connectivity index (χ0) is 26.0. The van der Waals surface area contributed by atoms with Crippen molar-refractivity contribution >= 4 is 11.8 Å². The van der Waals surface area contributed by atoms with Gasteiger partial charge in [-0.25, -0.2) is 0 Å². The first kappa shape index (κ1) is 25.4. The zero-order valence-corrected chi connectivity index (χ0v) is 22.8. The molecule has 0 amide bonds. The number of allylic oxidation sites excluding steroid dienone is 2. The van der Waals surface area contributed by atoms with Gasteiger partial charge in [0.25, 0.3) is 0 Å². The standard InChI is InChI=1S/C30H46O5/c1-24(2)20-9-8-18-19(27(20,5)11-10-21(24)31)16-22(32)29(7)28(18,6)15-14-26(4)13-12-25(3,23(33)34)17-30(26,29)35/h8,19-20,22,32,35H,9-17H2,1-7H3,(H,33,34). The third-order valence-electron chi connectivity index (χ3n) is 13.4. The summed E-state index contributed by atoms with van der Waals surface area (Å²) in [4.78, 5) is 25.2. The van der Waals surface area contributed by atoms with Crippen molar-refractivity contribution in [3.05, 3.63) is 11.6 Å². The van der Waals surface area contributed by atoms with E-state index in [1.165, 1.54) is 5.57 Å². The fraction of sp³-hybridized carbons (Fsp3) is 0.867. The van der Waals surface area contributed by atoms with Crippen molar-refractivity contribution in [2.45, 2.75) is 118 Å². The summed E-state index contributed by atoms with van der Waals surface area (Å²) < 4.78 is 0. The number of aliphatic hydroxyl groups excluding tert-OH is 1. The van der Waals surface area contributed by atoms with Crippen molar-refractivity contribution in [1.82, 2.24) is 0 Å². The van der Waals surface area contributed by atoms with E-state index < -0.39 is 39.3 Å². The van der Waals surface area contributed by atoms with E-state index in [0.717, 1.165) is 25.7 Å². The maximum Gasteiger partial charge on any atom is 0.309 e. The highest BCUT2D eigenvalue weighted by Crippen LogP contribution is 2.76. The van der Waals surface area contributed by atoms with Crippen LogP contribution in [0.5, 0.6) is 0 Å². The van der Waals surface area contributed by atoms with Gasteiger partial charge in [-0.05, 0) is 86.4 Å². The molecule has 196 valence electrons. The zero-order valence-electron chi connectivity index (χ0n) is 22.8. The minimum atomic E-state index is -1.29. The summed E-state index contributed by atoms with van der Waals surface area (Å²) in [6, 6.07) is 0. The lowest BCUT2D eigenvalue weighted by molar-refractivity contribution is -0.306. The molecule has 0 saturated heterocycles. The molecule has 9 unspecified atom stereocenters. The van der Waals surface area contributed by atoms with Crippen LogP contribution in [0, 0.1) is 44.3 Å². The highest BCUT2D eigenvalue weighted by molar-refractivity contribution is 5.85. The molecule has 5 nitrogen and oxygen atoms in total. The molecule has 0 aromatic carbocycles. The smallest absolute Gasteiger partial charge is 0.309 e. The van der Waals surface area contributed by atoms with Crippen LogP contribution in [-0.4, -0.2) is 38.8 Å². The summed E-state index contributed by atoms with van der Waals surface area (Å²) in [6.45, 7) is 14.7. The molecule has 0 aromatic rings. The van der Waals surface area contributed by atoms with E-state index in [-0.39, 0.29) is 29.1 Å². The molecular formula is C30H46O5. The molecule has 5 aliphatic carbocycles. The van der Waals surface area contributed by atoms with Gasteiger partial charge >= 0.3 is 5.97 Å². The number of carboxylic acids is 1. The molecule has 0 spiro atoms. The minimum Gasteiger partial charge on any atom is -0.481 e. The minimum absolute atomic E-state index is 0.0711. The molecule has 9 atom stereocenters. The van der Waals surface area contributed by atoms with Gasteiger partial charge in [0.05, 0.1) is 17.1 Å². The Morgan fingerprint density at radius 1 is 0.971 bits per heavy atom. The van der Waals surface area contributed by atoms with Gasteiger partial charge in [0.15, 0.2) is 0 Å². The molecule has 0 radical (unpaired) electrons. The Morgan fingerprint density at radius 3 is 2.23 bits per heavy atom. The van der Waals surface area contributed by atoms with E-state index in [0.29, 0.717) is 31.5 Å². The molecule has 0 bridgehead atoms. The fourth-order valence-corrected chi connectivity index (χ4v) is 10.4. The number of carboxylic acid groups (broad SMARTS) is 1. The van der Waals surface area contributed by atoms with Gasteiger partial charge in [0.2, 0.25) is 0 Å². The van der Waals surface area contributed by atoms with Crippen molar-refractivity contribution in [2.24, 2.45) is 44.3 Å². The SMILES string of the molecule is CC1(C(=O)O)CCC2(C)CCC3(C)C4=CCC5C(C)(C)C(=O)CCC5(C)C4CC(O)C3(C)C2(O)C1. The monoisotopic (exact) mass is 486 g/mol. The maximum atomic E-state index is 12.9. The second-order valence-electron chi connectivity index (χ2n) is 14.9. The summed E-state index contributed by atoms with van der Waals surface area (Å²) in [5, 5.41) is 34.9. The van der Waals surface area contributed by atoms with Gasteiger partial charge in [-0.2, -0.15) is 0 Å². The van der Waals surface area contributed by atoms with Crippen LogP contribution in [0.15, 0.2) is 11.6 Å². The average Bonchev–Trinajstić information content (AvgIpc) is 2.76. The Bertz CT molecular complexity index is 1010. The van der Waals surface area contributed by atoms with E-state index in [4.69, 9.17) is 0 Å². The first-order chi connectivity index (χ1) is 15.9. The third-order valence-corrected chi connectivity index (χ3v) is 13.4. The molecule has 35 heavy (non-hydrogen) atoms. The Labute approximate surface area is 210 Å². The number of aliphatic carboxylic acids is 1. The van der Waals surface area contributed by atoms with E-state index in [2.05, 4.69) is 47.6 Å². The lowest BCUT2D eigenvalue weighted by Crippen LogP contribution is -2.76. The van der Waals surface area contributed by atoms with Crippen LogP contribution in [0.25, 0.3) is 0 Å². The van der Waals surface area contributed by atoms with Crippen LogP contribution in [0.4, 0.5) is 0 Å². The quantitative estimate of drug-likeness (QED) is 0.424. The fourth-order valence-electron chi connectivity index (χ4n) is 10.4. The summed E-state index contributed by atoms with van der Waals surface area (Å²) in [5.74, 6) is -0.0910. The Hall–Kier alpha value is -1.20. The van der Waals surface area contributed by atoms with Crippen molar-refractivity contribution in [2.75, 3.05) is 0 Å². The van der Waals surface area contributed by atoms with Crippen LogP contribution in [0.1, 0.15) is 106 Å². The number of ketones is 1. The highest BCUT2D eigenvalue weighted by Gasteiger charge is 2.76. The first-order valence-corrected chi connectivity index (χ1v) is 13.8. The predicted octanol–water partition coefficient (Wildman–Crippen LogP) is 5.53. The third kappa shape index (κ3) is 2.73. The average molecular weight is 487 g/mol. The van der Waals surface area contributed by atoms with Gasteiger partial charge in [-0.15, -0.1) is 0 Å². The van der Waals surface area contributed by atoms with Crippen molar-refractivity contribution in [3.8, 4) is 0 Å². The highest BCUT2D eigenvalue weighted by atomic mass is 16.4. The first-order valence-electron chi connectivity index (χ1n) is 13.8. The van der Waals surface area contributed by atoms with Gasteiger partial charge < -0.3 is 15.3 Å². The molecule has 3 N–H and O–H groups in total. The normalized spacial score (nSPS) is 55.1. The van der Waals surface area contributed by atoms with Crippen molar-refractivity contribution in [3.63, 3.8) is 0 Å². The summed E-state index contributed by atoms with van der Waals surface area (Å²) in [5.41, 5.74) is -3.09. The van der Waals surface area contributed by atoms with E-state index in [9.17, 15) is 24.9 Å². The van der Waals surface area contributed by atoms with E-state index >= 15 is 0 Å². The molecule has 5 rings (SSSR count). The van der Waals surface area contributed by atoms with Crippen molar-refractivity contribution in [1.29, 1.82) is 0 Å². The Kier molecular flexibility index (Phi) is 5.10. The van der Waals surface area contributed by atoms with Crippen molar-refractivity contribution < 1.29 is 24.9 Å². The molecule has 4 fully saturated rings. The van der Waals surface area contributed by atoms with Gasteiger partial charge in [-0.1, -0.05) is 53.2 Å². The molecule has 0 aromatic heterocycles. The molecule has 5 aliphatic rings. The number of rotatable bonds is 1. The Morgan fingerprint density at radius 2 is 1.60 bits per heavy atom. The van der Waals surface area contributed by atoms with Crippen LogP contribution >= 0.6 is 0 Å². The summed E-state index contributed by atoms with van der Waals surface area (Å²) >= 11 is 0. The molecule has 5 heteroatoms. The second kappa shape index (κ2) is 7.01. The molecule has 0 heterocycles. The predicted molar refractivity (Wildman–Crippen MR) is 135 cm³/mol. The van der Waals surface area contributed by atoms with Gasteiger partial charge in [-0.3, -0.25) is 9.59 Å². The molecule has 4 saturated carbocycles. The Balaban J connectivity index is 1.65. The van der Waals surface area contributed by atoms with E-state index in [1.807, 2.05) is 0 Å². The summed E-state index contributed by atoms with van der Waals surface area (Å²) in [6.07, 6.45) is 7.58. The number of hydrogen-bond acceptors (Lipinski definition) is 4. The number of Topliss-reactive ketones (excluding diaryl/α,β-unsaturated/α-hetero) is 1. The molecule has 0 aliphatic heterocycles. The van der Waals surface area contributed by atoms with Crippen LogP contribution in [-0.2, 0) is 9.59 Å². The largest absolute Gasteiger partial charge is 0.481 e. The lowest BCUT2D eigenvalue weighted by atomic mass is 9.31. The number of aliphatic hydroxyl groups is 2. The molecular weight excluding hydrogens is 440 g/mol. The number of fused-ring (bicyclic) bond motifs is 7. The number of hydrogen-bond donors (Lipinski definition) is 3. The number of carbonyl (C=O) groups excluding carboxylic acids is 1. The second-order valence-corrected chi connectivity index (χ2v) is 14.9. The maximum absolute atomic E-state index is 12.9. The van der Waals surface area contributed by atoms with Gasteiger partial charge in [0.1, 0.15) is 5.78 Å². The summed E-state index contributed by atoms with van der Waals surface area (Å²) in [7, 11) is 0. The topological polar surface area (TPSA) is 94.8 Å². The van der Waals surface area contributed by atoms with Crippen LogP contribution < -0.4 is 0 Å². The van der Waals surface area contributed by atoms with E-state index in [1.54, 1.807) is 6.92 Å². The number of carbonyl (C=O) groups is 2.